The molecule has 0 amide bonds. The highest BCUT2D eigenvalue weighted by Gasteiger charge is 2.14. The van der Waals surface area contributed by atoms with Crippen molar-refractivity contribution in [2.75, 3.05) is 6.61 Å². The summed E-state index contributed by atoms with van der Waals surface area (Å²) in [5, 5.41) is 9.09. The van der Waals surface area contributed by atoms with Crippen molar-refractivity contribution < 1.29 is 14.6 Å². The molecule has 1 aromatic rings. The molecule has 0 aromatic heterocycles. The zero-order valence-electron chi connectivity index (χ0n) is 9.06. The molecule has 82 valence electrons. The number of carbonyl (C=O) groups excluding carboxylic acids is 1. The number of carbonyl (C=O) groups is 1. The van der Waals surface area contributed by atoms with Gasteiger partial charge in [-0.3, -0.25) is 4.79 Å². The Kier molecular flexibility index (Phi) is 4.16. The molecular formula is C12H16O3. The Bertz CT molecular complexity index is 316. The normalized spacial score (nSPS) is 12.1. The molecule has 0 bridgehead atoms. The summed E-state index contributed by atoms with van der Waals surface area (Å²) in [6.07, 6.45) is 0.638. The van der Waals surface area contributed by atoms with Gasteiger partial charge >= 0.3 is 5.97 Å². The molecule has 0 aliphatic carbocycles. The summed E-state index contributed by atoms with van der Waals surface area (Å²) in [5.74, 6) is -0.0809. The molecule has 1 atom stereocenters. The van der Waals surface area contributed by atoms with E-state index in [0.717, 1.165) is 5.56 Å². The van der Waals surface area contributed by atoms with Crippen molar-refractivity contribution in [3.05, 3.63) is 29.8 Å². The van der Waals surface area contributed by atoms with E-state index in [2.05, 4.69) is 0 Å². The molecule has 0 spiro atoms. The lowest BCUT2D eigenvalue weighted by molar-refractivity contribution is -0.147. The molecule has 1 aromatic carbocycles. The number of phenols is 1. The van der Waals surface area contributed by atoms with Crippen LogP contribution in [0.15, 0.2) is 24.3 Å². The molecule has 1 rings (SSSR count). The van der Waals surface area contributed by atoms with Gasteiger partial charge in [0.2, 0.25) is 0 Å². The quantitative estimate of drug-likeness (QED) is 0.771. The lowest BCUT2D eigenvalue weighted by atomic mass is 10.0. The molecule has 0 fully saturated rings. The Morgan fingerprint density at radius 2 is 2.00 bits per heavy atom. The molecule has 1 unspecified atom stereocenters. The van der Waals surface area contributed by atoms with Gasteiger partial charge in [-0.15, -0.1) is 0 Å². The van der Waals surface area contributed by atoms with E-state index in [1.54, 1.807) is 19.1 Å². The Morgan fingerprint density at radius 3 is 2.53 bits per heavy atom. The fourth-order valence-electron chi connectivity index (χ4n) is 1.35. The van der Waals surface area contributed by atoms with Gasteiger partial charge in [0.1, 0.15) is 5.75 Å². The predicted octanol–water partition coefficient (Wildman–Crippen LogP) is 2.13. The van der Waals surface area contributed by atoms with E-state index >= 15 is 0 Å². The smallest absolute Gasteiger partial charge is 0.308 e. The molecule has 0 aliphatic rings. The second-order valence-electron chi connectivity index (χ2n) is 3.52. The van der Waals surface area contributed by atoms with E-state index in [-0.39, 0.29) is 17.6 Å². The Balaban J connectivity index is 2.54. The van der Waals surface area contributed by atoms with Crippen LogP contribution in [0, 0.1) is 5.92 Å². The van der Waals surface area contributed by atoms with Gasteiger partial charge in [-0.2, -0.15) is 0 Å². The number of ether oxygens (including phenoxy) is 1. The number of benzene rings is 1. The van der Waals surface area contributed by atoms with Crippen molar-refractivity contribution in [2.45, 2.75) is 20.3 Å². The van der Waals surface area contributed by atoms with Crippen LogP contribution in [0.2, 0.25) is 0 Å². The zero-order valence-corrected chi connectivity index (χ0v) is 9.06. The number of hydrogen-bond acceptors (Lipinski definition) is 3. The monoisotopic (exact) mass is 208 g/mol. The SMILES string of the molecule is CCOC(=O)C(C)Cc1ccc(O)cc1. The van der Waals surface area contributed by atoms with Crippen molar-refractivity contribution in [3.8, 4) is 5.75 Å². The number of rotatable bonds is 4. The summed E-state index contributed by atoms with van der Waals surface area (Å²) in [6, 6.07) is 6.86. The Hall–Kier alpha value is -1.51. The maximum Gasteiger partial charge on any atom is 0.308 e. The molecule has 3 nitrogen and oxygen atoms in total. The van der Waals surface area contributed by atoms with Gasteiger partial charge < -0.3 is 9.84 Å². The zero-order chi connectivity index (χ0) is 11.3. The van der Waals surface area contributed by atoms with E-state index in [0.29, 0.717) is 13.0 Å². The minimum absolute atomic E-state index is 0.144. The first-order valence-corrected chi connectivity index (χ1v) is 5.08. The third kappa shape index (κ3) is 3.62. The van der Waals surface area contributed by atoms with E-state index < -0.39 is 0 Å². The highest BCUT2D eigenvalue weighted by molar-refractivity contribution is 5.72. The van der Waals surface area contributed by atoms with Crippen LogP contribution in [-0.2, 0) is 16.0 Å². The molecular weight excluding hydrogens is 192 g/mol. The van der Waals surface area contributed by atoms with Crippen LogP contribution in [-0.4, -0.2) is 17.7 Å². The Labute approximate surface area is 89.7 Å². The fraction of sp³-hybridized carbons (Fsp3) is 0.417. The lowest BCUT2D eigenvalue weighted by Crippen LogP contribution is -2.16. The van der Waals surface area contributed by atoms with Crippen molar-refractivity contribution in [1.29, 1.82) is 0 Å². The topological polar surface area (TPSA) is 46.5 Å². The number of hydrogen-bond donors (Lipinski definition) is 1. The van der Waals surface area contributed by atoms with Crippen LogP contribution >= 0.6 is 0 Å². The van der Waals surface area contributed by atoms with E-state index in [9.17, 15) is 4.79 Å². The van der Waals surface area contributed by atoms with E-state index in [1.165, 1.54) is 0 Å². The van der Waals surface area contributed by atoms with Crippen LogP contribution < -0.4 is 0 Å². The maximum absolute atomic E-state index is 11.3. The van der Waals surface area contributed by atoms with Crippen LogP contribution in [0.5, 0.6) is 5.75 Å². The second-order valence-corrected chi connectivity index (χ2v) is 3.52. The average Bonchev–Trinajstić information content (AvgIpc) is 2.22. The first-order chi connectivity index (χ1) is 7.13. The van der Waals surface area contributed by atoms with Crippen LogP contribution in [0.4, 0.5) is 0 Å². The Morgan fingerprint density at radius 1 is 1.40 bits per heavy atom. The van der Waals surface area contributed by atoms with Crippen molar-refractivity contribution in [2.24, 2.45) is 5.92 Å². The summed E-state index contributed by atoms with van der Waals surface area (Å²) in [5.41, 5.74) is 1.02. The van der Waals surface area contributed by atoms with Crippen molar-refractivity contribution in [1.82, 2.24) is 0 Å². The standard InChI is InChI=1S/C12H16O3/c1-3-15-12(14)9(2)8-10-4-6-11(13)7-5-10/h4-7,9,13H,3,8H2,1-2H3. The highest BCUT2D eigenvalue weighted by Crippen LogP contribution is 2.14. The minimum atomic E-state index is -0.175. The van der Waals surface area contributed by atoms with Gasteiger partial charge in [0.15, 0.2) is 0 Å². The van der Waals surface area contributed by atoms with Gasteiger partial charge in [0, 0.05) is 0 Å². The summed E-state index contributed by atoms with van der Waals surface area (Å²) >= 11 is 0. The molecule has 0 saturated carbocycles. The number of esters is 1. The van der Waals surface area contributed by atoms with Gasteiger partial charge in [-0.1, -0.05) is 19.1 Å². The third-order valence-electron chi connectivity index (χ3n) is 2.17. The number of aromatic hydroxyl groups is 1. The summed E-state index contributed by atoms with van der Waals surface area (Å²) in [4.78, 5) is 11.3. The molecule has 15 heavy (non-hydrogen) atoms. The summed E-state index contributed by atoms with van der Waals surface area (Å²) in [7, 11) is 0. The van der Waals surface area contributed by atoms with Gasteiger partial charge in [-0.25, -0.2) is 0 Å². The van der Waals surface area contributed by atoms with Crippen molar-refractivity contribution in [3.63, 3.8) is 0 Å². The maximum atomic E-state index is 11.3. The number of phenolic OH excluding ortho intramolecular Hbond substituents is 1. The lowest BCUT2D eigenvalue weighted by Gasteiger charge is -2.10. The van der Waals surface area contributed by atoms with E-state index in [1.807, 2.05) is 19.1 Å². The van der Waals surface area contributed by atoms with Gasteiger partial charge in [-0.05, 0) is 31.0 Å². The molecule has 3 heteroatoms. The van der Waals surface area contributed by atoms with Crippen LogP contribution in [0.1, 0.15) is 19.4 Å². The minimum Gasteiger partial charge on any atom is -0.508 e. The highest BCUT2D eigenvalue weighted by atomic mass is 16.5. The first kappa shape index (κ1) is 11.6. The molecule has 0 aliphatic heterocycles. The second kappa shape index (κ2) is 5.39. The van der Waals surface area contributed by atoms with E-state index in [4.69, 9.17) is 9.84 Å². The average molecular weight is 208 g/mol. The van der Waals surface area contributed by atoms with Gasteiger partial charge in [0.25, 0.3) is 0 Å². The van der Waals surface area contributed by atoms with Gasteiger partial charge in [0.05, 0.1) is 12.5 Å². The molecule has 0 saturated heterocycles. The largest absolute Gasteiger partial charge is 0.508 e. The first-order valence-electron chi connectivity index (χ1n) is 5.08. The van der Waals surface area contributed by atoms with Crippen LogP contribution in [0.3, 0.4) is 0 Å². The third-order valence-corrected chi connectivity index (χ3v) is 2.17. The molecule has 1 N–H and O–H groups in total. The summed E-state index contributed by atoms with van der Waals surface area (Å²) in [6.45, 7) is 4.05. The molecule has 0 radical (unpaired) electrons. The summed E-state index contributed by atoms with van der Waals surface area (Å²) < 4.78 is 4.91. The fourth-order valence-corrected chi connectivity index (χ4v) is 1.35. The molecule has 0 heterocycles. The van der Waals surface area contributed by atoms with Crippen molar-refractivity contribution >= 4 is 5.97 Å². The van der Waals surface area contributed by atoms with Crippen LogP contribution in [0.25, 0.3) is 0 Å². The predicted molar refractivity (Wildman–Crippen MR) is 57.6 cm³/mol.